The van der Waals surface area contributed by atoms with Crippen molar-refractivity contribution in [2.75, 3.05) is 0 Å². The van der Waals surface area contributed by atoms with Crippen LogP contribution in [0, 0.1) is 11.7 Å². The first-order chi connectivity index (χ1) is 13.0. The van der Waals surface area contributed by atoms with Gasteiger partial charge < -0.3 is 9.84 Å². The monoisotopic (exact) mass is 369 g/mol. The molecular formula is C20H20FN3O3. The van der Waals surface area contributed by atoms with Crippen molar-refractivity contribution in [2.24, 2.45) is 5.92 Å². The fraction of sp³-hybridized carbons (Fsp3) is 0.250. The van der Waals surface area contributed by atoms with Gasteiger partial charge in [-0.1, -0.05) is 44.2 Å². The zero-order valence-electron chi connectivity index (χ0n) is 15.0. The second kappa shape index (κ2) is 8.09. The number of aliphatic hydroxyl groups excluding tert-OH is 1. The van der Waals surface area contributed by atoms with E-state index in [1.54, 1.807) is 0 Å². The maximum atomic E-state index is 13.1. The molecule has 0 spiro atoms. The van der Waals surface area contributed by atoms with Crippen LogP contribution in [-0.4, -0.2) is 25.8 Å². The van der Waals surface area contributed by atoms with Crippen LogP contribution >= 0.6 is 0 Å². The minimum Gasteiger partial charge on any atom is -0.457 e. The Bertz CT molecular complexity index is 908. The zero-order valence-corrected chi connectivity index (χ0v) is 15.0. The summed E-state index contributed by atoms with van der Waals surface area (Å²) in [7, 11) is 0. The number of hydrogen-bond acceptors (Lipinski definition) is 5. The van der Waals surface area contributed by atoms with Crippen molar-refractivity contribution in [3.05, 3.63) is 77.5 Å². The van der Waals surface area contributed by atoms with E-state index in [1.165, 1.54) is 23.0 Å². The summed E-state index contributed by atoms with van der Waals surface area (Å²) >= 11 is 0. The summed E-state index contributed by atoms with van der Waals surface area (Å²) in [6, 6.07) is 12.0. The fourth-order valence-corrected chi connectivity index (χ4v) is 2.50. The quantitative estimate of drug-likeness (QED) is 0.674. The lowest BCUT2D eigenvalue weighted by atomic mass is 10.0. The minimum atomic E-state index is -0.953. The second-order valence-electron chi connectivity index (χ2n) is 6.46. The molecule has 1 atom stereocenters. The van der Waals surface area contributed by atoms with E-state index in [0.29, 0.717) is 5.82 Å². The number of halogens is 1. The Hall–Kier alpha value is -3.06. The van der Waals surface area contributed by atoms with Crippen LogP contribution in [0.5, 0.6) is 0 Å². The molecule has 2 aromatic heterocycles. The van der Waals surface area contributed by atoms with Gasteiger partial charge in [-0.05, 0) is 23.6 Å². The van der Waals surface area contributed by atoms with Crippen molar-refractivity contribution < 1.29 is 19.0 Å². The number of esters is 1. The van der Waals surface area contributed by atoms with Gasteiger partial charge >= 0.3 is 5.97 Å². The van der Waals surface area contributed by atoms with Gasteiger partial charge in [-0.15, -0.1) is 0 Å². The number of benzene rings is 1. The van der Waals surface area contributed by atoms with Gasteiger partial charge in [-0.2, -0.15) is 5.10 Å². The summed E-state index contributed by atoms with van der Waals surface area (Å²) in [5, 5.41) is 14.7. The third kappa shape index (κ3) is 4.38. The molecular weight excluding hydrogens is 349 g/mol. The number of rotatable bonds is 6. The van der Waals surface area contributed by atoms with Gasteiger partial charge in [-0.25, -0.2) is 18.9 Å². The van der Waals surface area contributed by atoms with Gasteiger partial charge in [-0.3, -0.25) is 0 Å². The predicted octanol–water partition coefficient (Wildman–Crippen LogP) is 3.45. The normalized spacial score (nSPS) is 12.2. The van der Waals surface area contributed by atoms with Gasteiger partial charge in [0.1, 0.15) is 29.8 Å². The standard InChI is InChI=1S/C20H20FN3O3/c1-13(2)19(25)18-16(20(26)27-12-14-6-4-3-5-7-14)11-24(23-18)17-9-8-15(21)10-22-17/h3-11,13,19,25H,12H2,1-2H3. The number of aliphatic hydroxyl groups is 1. The highest BCUT2D eigenvalue weighted by Crippen LogP contribution is 2.25. The molecule has 7 heteroatoms. The highest BCUT2D eigenvalue weighted by atomic mass is 19.1. The Kier molecular flexibility index (Phi) is 5.61. The van der Waals surface area contributed by atoms with E-state index in [1.807, 2.05) is 44.2 Å². The Morgan fingerprint density at radius 3 is 2.59 bits per heavy atom. The highest BCUT2D eigenvalue weighted by molar-refractivity contribution is 5.90. The topological polar surface area (TPSA) is 77.2 Å². The summed E-state index contributed by atoms with van der Waals surface area (Å²) in [5.41, 5.74) is 1.21. The molecule has 1 unspecified atom stereocenters. The lowest BCUT2D eigenvalue weighted by Gasteiger charge is -2.13. The Labute approximate surface area is 156 Å². The van der Waals surface area contributed by atoms with Crippen LogP contribution in [0.25, 0.3) is 5.82 Å². The van der Waals surface area contributed by atoms with Crippen molar-refractivity contribution >= 4 is 5.97 Å². The lowest BCUT2D eigenvalue weighted by molar-refractivity contribution is 0.0461. The third-order valence-corrected chi connectivity index (χ3v) is 4.03. The summed E-state index contributed by atoms with van der Waals surface area (Å²) in [4.78, 5) is 16.5. The summed E-state index contributed by atoms with van der Waals surface area (Å²) in [5.74, 6) is -0.899. The SMILES string of the molecule is CC(C)C(O)c1nn(-c2ccc(F)cn2)cc1C(=O)OCc1ccccc1. The summed E-state index contributed by atoms with van der Waals surface area (Å²) in [6.45, 7) is 3.74. The molecule has 0 amide bonds. The molecule has 0 saturated heterocycles. The molecule has 0 saturated carbocycles. The van der Waals surface area contributed by atoms with Crippen LogP contribution in [0.3, 0.4) is 0 Å². The molecule has 3 aromatic rings. The largest absolute Gasteiger partial charge is 0.457 e. The molecule has 0 bridgehead atoms. The molecule has 1 N–H and O–H groups in total. The Morgan fingerprint density at radius 2 is 1.96 bits per heavy atom. The molecule has 27 heavy (non-hydrogen) atoms. The van der Waals surface area contributed by atoms with Crippen LogP contribution in [0.1, 0.15) is 41.6 Å². The number of carbonyl (C=O) groups excluding carboxylic acids is 1. The number of hydrogen-bond donors (Lipinski definition) is 1. The van der Waals surface area contributed by atoms with E-state index in [-0.39, 0.29) is 23.8 Å². The first-order valence-electron chi connectivity index (χ1n) is 8.56. The molecule has 0 aliphatic rings. The van der Waals surface area contributed by atoms with Crippen LogP contribution in [0.15, 0.2) is 54.9 Å². The van der Waals surface area contributed by atoms with Crippen LogP contribution in [0.2, 0.25) is 0 Å². The molecule has 0 aliphatic carbocycles. The first-order valence-corrected chi connectivity index (χ1v) is 8.56. The van der Waals surface area contributed by atoms with Crippen molar-refractivity contribution in [3.63, 3.8) is 0 Å². The summed E-state index contributed by atoms with van der Waals surface area (Å²) < 4.78 is 19.8. The van der Waals surface area contributed by atoms with E-state index in [0.717, 1.165) is 11.8 Å². The minimum absolute atomic E-state index is 0.108. The van der Waals surface area contributed by atoms with E-state index in [2.05, 4.69) is 10.1 Å². The second-order valence-corrected chi connectivity index (χ2v) is 6.46. The Balaban J connectivity index is 1.89. The molecule has 6 nitrogen and oxygen atoms in total. The van der Waals surface area contributed by atoms with Gasteiger partial charge in [0.15, 0.2) is 5.82 Å². The van der Waals surface area contributed by atoms with Gasteiger partial charge in [0, 0.05) is 6.20 Å². The van der Waals surface area contributed by atoms with Gasteiger partial charge in [0.2, 0.25) is 0 Å². The van der Waals surface area contributed by atoms with Crippen molar-refractivity contribution in [1.29, 1.82) is 0 Å². The number of pyridine rings is 1. The van der Waals surface area contributed by atoms with Crippen molar-refractivity contribution in [3.8, 4) is 5.82 Å². The summed E-state index contributed by atoms with van der Waals surface area (Å²) in [6.07, 6.45) is 1.54. The molecule has 2 heterocycles. The van der Waals surface area contributed by atoms with Crippen LogP contribution in [-0.2, 0) is 11.3 Å². The van der Waals surface area contributed by atoms with Crippen molar-refractivity contribution in [2.45, 2.75) is 26.6 Å². The van der Waals surface area contributed by atoms with E-state index in [9.17, 15) is 14.3 Å². The number of ether oxygens (including phenoxy) is 1. The van der Waals surface area contributed by atoms with E-state index < -0.39 is 17.9 Å². The molecule has 140 valence electrons. The van der Waals surface area contributed by atoms with Gasteiger partial charge in [0.25, 0.3) is 0 Å². The fourth-order valence-electron chi connectivity index (χ4n) is 2.50. The molecule has 1 aromatic carbocycles. The van der Waals surface area contributed by atoms with Crippen molar-refractivity contribution in [1.82, 2.24) is 14.8 Å². The number of carbonyl (C=O) groups is 1. The number of nitrogens with zero attached hydrogens (tertiary/aromatic N) is 3. The maximum absolute atomic E-state index is 13.1. The molecule has 0 fully saturated rings. The maximum Gasteiger partial charge on any atom is 0.342 e. The smallest absolute Gasteiger partial charge is 0.342 e. The van der Waals surface area contributed by atoms with E-state index >= 15 is 0 Å². The average Bonchev–Trinajstić information content (AvgIpc) is 3.12. The van der Waals surface area contributed by atoms with E-state index in [4.69, 9.17) is 4.74 Å². The third-order valence-electron chi connectivity index (χ3n) is 4.03. The average molecular weight is 369 g/mol. The lowest BCUT2D eigenvalue weighted by Crippen LogP contribution is -2.13. The predicted molar refractivity (Wildman–Crippen MR) is 96.7 cm³/mol. The molecule has 0 radical (unpaired) electrons. The van der Waals surface area contributed by atoms with Crippen LogP contribution in [0.4, 0.5) is 4.39 Å². The molecule has 0 aliphatic heterocycles. The van der Waals surface area contributed by atoms with Gasteiger partial charge in [0.05, 0.1) is 6.20 Å². The zero-order chi connectivity index (χ0) is 19.4. The highest BCUT2D eigenvalue weighted by Gasteiger charge is 2.26. The van der Waals surface area contributed by atoms with Crippen LogP contribution < -0.4 is 0 Å². The first kappa shape index (κ1) is 18.7. The Morgan fingerprint density at radius 1 is 1.22 bits per heavy atom. The number of aromatic nitrogens is 3. The molecule has 3 rings (SSSR count).